The predicted molar refractivity (Wildman–Crippen MR) is 100 cm³/mol. The van der Waals surface area contributed by atoms with E-state index >= 15 is 0 Å². The van der Waals surface area contributed by atoms with Gasteiger partial charge < -0.3 is 14.6 Å². The van der Waals surface area contributed by atoms with E-state index in [-0.39, 0.29) is 23.7 Å². The average Bonchev–Trinajstić information content (AvgIpc) is 2.65. The summed E-state index contributed by atoms with van der Waals surface area (Å²) in [6, 6.07) is 11.7. The lowest BCUT2D eigenvalue weighted by molar-refractivity contribution is -0.121. The summed E-state index contributed by atoms with van der Waals surface area (Å²) in [5.74, 6) is 0.791. The van der Waals surface area contributed by atoms with Crippen LogP contribution in [0.4, 0.5) is 0 Å². The number of carbonyl (C=O) groups excluding carboxylic acids is 2. The molecule has 0 unspecified atom stereocenters. The van der Waals surface area contributed by atoms with Crippen molar-refractivity contribution in [3.8, 4) is 17.2 Å². The van der Waals surface area contributed by atoms with Crippen LogP contribution in [-0.2, 0) is 9.59 Å². The molecule has 0 aliphatic heterocycles. The minimum absolute atomic E-state index is 0.156. The number of allylic oxidation sites excluding steroid dienone is 2. The monoisotopic (exact) mass is 352 g/mol. The first-order chi connectivity index (χ1) is 12.5. The average molecular weight is 352 g/mol. The highest BCUT2D eigenvalue weighted by Gasteiger charge is 2.05. The molecule has 0 spiro atoms. The van der Waals surface area contributed by atoms with Crippen molar-refractivity contribution in [1.82, 2.24) is 0 Å². The zero-order valence-electron chi connectivity index (χ0n) is 14.6. The molecule has 0 bridgehead atoms. The van der Waals surface area contributed by atoms with Crippen molar-refractivity contribution < 1.29 is 24.2 Å². The maximum absolute atomic E-state index is 12.0. The number of hydrogen-bond donors (Lipinski definition) is 1. The van der Waals surface area contributed by atoms with Crippen LogP contribution in [-0.4, -0.2) is 30.9 Å². The summed E-state index contributed by atoms with van der Waals surface area (Å²) in [4.78, 5) is 23.8. The highest BCUT2D eigenvalue weighted by atomic mass is 16.5. The Kier molecular flexibility index (Phi) is 6.74. The van der Waals surface area contributed by atoms with E-state index in [2.05, 4.69) is 0 Å². The molecule has 0 atom stereocenters. The Hall–Kier alpha value is -3.34. The van der Waals surface area contributed by atoms with Crippen LogP contribution in [0.5, 0.6) is 17.2 Å². The third kappa shape index (κ3) is 5.94. The van der Waals surface area contributed by atoms with Gasteiger partial charge in [-0.05, 0) is 47.5 Å². The van der Waals surface area contributed by atoms with Gasteiger partial charge in [0, 0.05) is 6.07 Å². The Morgan fingerprint density at radius 1 is 0.846 bits per heavy atom. The zero-order valence-corrected chi connectivity index (χ0v) is 14.6. The van der Waals surface area contributed by atoms with Gasteiger partial charge in [0.25, 0.3) is 0 Å². The van der Waals surface area contributed by atoms with Gasteiger partial charge in [-0.25, -0.2) is 0 Å². The number of benzene rings is 2. The Balaban J connectivity index is 1.96. The molecule has 0 saturated carbocycles. The quantitative estimate of drug-likeness (QED) is 0.580. The number of ketones is 2. The highest BCUT2D eigenvalue weighted by Crippen LogP contribution is 2.23. The predicted octanol–water partition coefficient (Wildman–Crippen LogP) is 3.66. The van der Waals surface area contributed by atoms with E-state index in [1.807, 2.05) is 0 Å². The van der Waals surface area contributed by atoms with Crippen molar-refractivity contribution in [2.75, 3.05) is 14.2 Å². The number of methoxy groups -OCH3 is 2. The molecule has 0 radical (unpaired) electrons. The van der Waals surface area contributed by atoms with Crippen LogP contribution >= 0.6 is 0 Å². The smallest absolute Gasteiger partial charge is 0.163 e. The third-order valence-corrected chi connectivity index (χ3v) is 3.54. The van der Waals surface area contributed by atoms with Crippen LogP contribution in [0.25, 0.3) is 12.2 Å². The highest BCUT2D eigenvalue weighted by molar-refractivity contribution is 6.10. The summed E-state index contributed by atoms with van der Waals surface area (Å²) in [5, 5.41) is 9.21. The molecule has 0 fully saturated rings. The number of phenolic OH excluding ortho intramolecular Hbond substituents is 1. The van der Waals surface area contributed by atoms with E-state index in [0.717, 1.165) is 11.1 Å². The van der Waals surface area contributed by atoms with Crippen LogP contribution in [0.1, 0.15) is 17.5 Å². The minimum atomic E-state index is -0.299. The van der Waals surface area contributed by atoms with Gasteiger partial charge in [-0.3, -0.25) is 9.59 Å². The molecular weight excluding hydrogens is 332 g/mol. The Labute approximate surface area is 152 Å². The van der Waals surface area contributed by atoms with Crippen LogP contribution in [0.3, 0.4) is 0 Å². The van der Waals surface area contributed by atoms with Gasteiger partial charge in [0.2, 0.25) is 0 Å². The number of carbonyl (C=O) groups is 2. The molecule has 5 heteroatoms. The molecule has 2 rings (SSSR count). The van der Waals surface area contributed by atoms with Gasteiger partial charge in [0.15, 0.2) is 11.6 Å². The van der Waals surface area contributed by atoms with Gasteiger partial charge in [-0.2, -0.15) is 0 Å². The minimum Gasteiger partial charge on any atom is -0.508 e. The second kappa shape index (κ2) is 9.22. The number of ether oxygens (including phenoxy) is 2. The Morgan fingerprint density at radius 2 is 1.35 bits per heavy atom. The largest absolute Gasteiger partial charge is 0.508 e. The number of rotatable bonds is 8. The fourth-order valence-electron chi connectivity index (χ4n) is 2.18. The Bertz CT molecular complexity index is 810. The van der Waals surface area contributed by atoms with Gasteiger partial charge in [-0.15, -0.1) is 0 Å². The summed E-state index contributed by atoms with van der Waals surface area (Å²) in [6.45, 7) is 0. The van der Waals surface area contributed by atoms with Gasteiger partial charge in [0.05, 0.1) is 20.6 Å². The maximum atomic E-state index is 12.0. The van der Waals surface area contributed by atoms with E-state index in [4.69, 9.17) is 9.47 Å². The van der Waals surface area contributed by atoms with Crippen molar-refractivity contribution in [2.24, 2.45) is 0 Å². The van der Waals surface area contributed by atoms with Crippen molar-refractivity contribution in [3.05, 3.63) is 65.7 Å². The number of phenols is 1. The molecule has 2 aromatic rings. The van der Waals surface area contributed by atoms with Gasteiger partial charge >= 0.3 is 0 Å². The zero-order chi connectivity index (χ0) is 18.9. The van der Waals surface area contributed by atoms with E-state index in [1.54, 1.807) is 56.7 Å². The second-order valence-electron chi connectivity index (χ2n) is 5.51. The van der Waals surface area contributed by atoms with Crippen LogP contribution < -0.4 is 9.47 Å². The first-order valence-electron chi connectivity index (χ1n) is 7.94. The number of aromatic hydroxyl groups is 1. The van der Waals surface area contributed by atoms with Crippen molar-refractivity contribution in [2.45, 2.75) is 6.42 Å². The maximum Gasteiger partial charge on any atom is 0.163 e. The third-order valence-electron chi connectivity index (χ3n) is 3.54. The van der Waals surface area contributed by atoms with E-state index in [0.29, 0.717) is 11.5 Å². The molecular formula is C21H20O5. The lowest BCUT2D eigenvalue weighted by Gasteiger charge is -2.05. The first kappa shape index (κ1) is 19.0. The summed E-state index contributed by atoms with van der Waals surface area (Å²) in [5.41, 5.74) is 1.50. The van der Waals surface area contributed by atoms with Gasteiger partial charge in [0.1, 0.15) is 17.2 Å². The molecule has 0 aliphatic carbocycles. The van der Waals surface area contributed by atoms with E-state index in [9.17, 15) is 14.7 Å². The van der Waals surface area contributed by atoms with Crippen LogP contribution in [0, 0.1) is 0 Å². The van der Waals surface area contributed by atoms with Crippen molar-refractivity contribution in [1.29, 1.82) is 0 Å². The summed E-state index contributed by atoms with van der Waals surface area (Å²) >= 11 is 0. The fraction of sp³-hybridized carbons (Fsp3) is 0.143. The molecule has 0 aliphatic rings. The van der Waals surface area contributed by atoms with E-state index in [1.165, 1.54) is 24.3 Å². The summed E-state index contributed by atoms with van der Waals surface area (Å²) < 4.78 is 10.3. The molecule has 0 saturated heterocycles. The van der Waals surface area contributed by atoms with Crippen LogP contribution in [0.2, 0.25) is 0 Å². The first-order valence-corrected chi connectivity index (χ1v) is 7.94. The SMILES string of the molecule is COc1cc(C=CC(=O)CC(=O)C=Cc2ccc(O)cc2)cc(OC)c1. The van der Waals surface area contributed by atoms with Crippen molar-refractivity contribution in [3.63, 3.8) is 0 Å². The lowest BCUT2D eigenvalue weighted by Crippen LogP contribution is -2.01. The van der Waals surface area contributed by atoms with Gasteiger partial charge in [-0.1, -0.05) is 24.3 Å². The topological polar surface area (TPSA) is 72.8 Å². The standard InChI is InChI=1S/C21H20O5/c1-25-20-11-16(12-21(14-20)26-2)6-10-19(24)13-18(23)9-5-15-3-7-17(22)8-4-15/h3-12,14,22H,13H2,1-2H3. The lowest BCUT2D eigenvalue weighted by atomic mass is 10.1. The van der Waals surface area contributed by atoms with E-state index < -0.39 is 0 Å². The van der Waals surface area contributed by atoms with Crippen LogP contribution in [0.15, 0.2) is 54.6 Å². The second-order valence-corrected chi connectivity index (χ2v) is 5.51. The molecule has 2 aromatic carbocycles. The molecule has 1 N–H and O–H groups in total. The van der Waals surface area contributed by atoms with Crippen molar-refractivity contribution >= 4 is 23.7 Å². The number of hydrogen-bond acceptors (Lipinski definition) is 5. The summed E-state index contributed by atoms with van der Waals surface area (Å²) in [7, 11) is 3.10. The molecule has 134 valence electrons. The normalized spacial score (nSPS) is 11.0. The Morgan fingerprint density at radius 3 is 1.85 bits per heavy atom. The molecule has 0 amide bonds. The fourth-order valence-corrected chi connectivity index (χ4v) is 2.18. The summed E-state index contributed by atoms with van der Waals surface area (Å²) in [6.07, 6.45) is 5.72. The molecule has 26 heavy (non-hydrogen) atoms. The molecule has 5 nitrogen and oxygen atoms in total. The molecule has 0 heterocycles. The molecule has 0 aromatic heterocycles.